The molecule has 2 amide bonds. The number of amides is 2. The quantitative estimate of drug-likeness (QED) is 0.610. The first kappa shape index (κ1) is 20.9. The summed E-state index contributed by atoms with van der Waals surface area (Å²) in [5.74, 6) is -1.89. The topological polar surface area (TPSA) is 122 Å². The normalized spacial score (nSPS) is 10.9. The van der Waals surface area contributed by atoms with Crippen LogP contribution in [0.3, 0.4) is 0 Å². The summed E-state index contributed by atoms with van der Waals surface area (Å²) in [6.07, 6.45) is 0. The molecule has 0 saturated carbocycles. The highest BCUT2D eigenvalue weighted by Crippen LogP contribution is 2.22. The van der Waals surface area contributed by atoms with Crippen LogP contribution in [0.1, 0.15) is 10.4 Å². The van der Waals surface area contributed by atoms with Gasteiger partial charge in [-0.25, -0.2) is 17.9 Å². The number of sulfonamides is 1. The van der Waals surface area contributed by atoms with Crippen molar-refractivity contribution in [1.29, 1.82) is 0 Å². The number of carbonyl (C=O) groups excluding carboxylic acids is 3. The third-order valence-corrected chi connectivity index (χ3v) is 4.89. The predicted molar refractivity (Wildman–Crippen MR) is 89.7 cm³/mol. The van der Waals surface area contributed by atoms with Crippen molar-refractivity contribution in [1.82, 2.24) is 14.9 Å². The Bertz CT molecular complexity index is 779. The van der Waals surface area contributed by atoms with E-state index in [0.717, 1.165) is 6.07 Å². The highest BCUT2D eigenvalue weighted by molar-refractivity contribution is 7.89. The number of halogens is 1. The zero-order valence-corrected chi connectivity index (χ0v) is 15.4. The maximum Gasteiger partial charge on any atom is 0.338 e. The maximum absolute atomic E-state index is 11.9. The molecule has 0 unspecified atom stereocenters. The van der Waals surface area contributed by atoms with Crippen molar-refractivity contribution in [2.45, 2.75) is 4.90 Å². The van der Waals surface area contributed by atoms with Crippen LogP contribution in [0, 0.1) is 0 Å². The van der Waals surface area contributed by atoms with E-state index in [4.69, 9.17) is 16.3 Å². The molecular weight excluding hydrogens is 374 g/mol. The Hall–Kier alpha value is -2.17. The van der Waals surface area contributed by atoms with Gasteiger partial charge >= 0.3 is 5.97 Å². The van der Waals surface area contributed by atoms with Gasteiger partial charge in [-0.3, -0.25) is 9.59 Å². The van der Waals surface area contributed by atoms with Gasteiger partial charge in [-0.05, 0) is 25.2 Å². The number of likely N-dealkylation sites (N-methyl/N-ethyl adjacent to an activating group) is 1. The predicted octanol–water partition coefficient (Wildman–Crippen LogP) is -0.391. The molecule has 0 fully saturated rings. The summed E-state index contributed by atoms with van der Waals surface area (Å²) in [5, 5.41) is 2.23. The maximum atomic E-state index is 11.9. The summed E-state index contributed by atoms with van der Waals surface area (Å²) in [6, 6.07) is 3.55. The van der Waals surface area contributed by atoms with Gasteiger partial charge in [-0.1, -0.05) is 11.6 Å². The van der Waals surface area contributed by atoms with Crippen LogP contribution >= 0.6 is 11.6 Å². The lowest BCUT2D eigenvalue weighted by Crippen LogP contribution is -2.38. The number of nitrogens with zero attached hydrogens (tertiary/aromatic N) is 1. The Kier molecular flexibility index (Phi) is 7.34. The van der Waals surface area contributed by atoms with Crippen LogP contribution in [-0.4, -0.2) is 65.4 Å². The van der Waals surface area contributed by atoms with E-state index in [2.05, 4.69) is 10.0 Å². The van der Waals surface area contributed by atoms with Crippen LogP contribution in [-0.2, 0) is 24.3 Å². The molecule has 0 saturated heterocycles. The highest BCUT2D eigenvalue weighted by Gasteiger charge is 2.19. The lowest BCUT2D eigenvalue weighted by atomic mass is 10.2. The van der Waals surface area contributed by atoms with E-state index >= 15 is 0 Å². The van der Waals surface area contributed by atoms with Crippen LogP contribution in [0.5, 0.6) is 0 Å². The average Bonchev–Trinajstić information content (AvgIpc) is 2.57. The van der Waals surface area contributed by atoms with Gasteiger partial charge < -0.3 is 15.0 Å². The highest BCUT2D eigenvalue weighted by atomic mass is 35.5. The third kappa shape index (κ3) is 6.00. The van der Waals surface area contributed by atoms with Crippen molar-refractivity contribution >= 4 is 39.4 Å². The van der Waals surface area contributed by atoms with Crippen molar-refractivity contribution in [3.8, 4) is 0 Å². The van der Waals surface area contributed by atoms with Crippen LogP contribution in [0.15, 0.2) is 23.1 Å². The molecule has 0 atom stereocenters. The molecule has 0 aliphatic rings. The number of rotatable bonds is 7. The van der Waals surface area contributed by atoms with E-state index < -0.39 is 28.5 Å². The van der Waals surface area contributed by atoms with Crippen molar-refractivity contribution in [2.24, 2.45) is 0 Å². The number of nitrogens with one attached hydrogen (secondary N) is 2. The Labute approximate surface area is 150 Å². The first-order valence-corrected chi connectivity index (χ1v) is 8.81. The molecule has 0 aliphatic heterocycles. The van der Waals surface area contributed by atoms with Gasteiger partial charge in [-0.2, -0.15) is 0 Å². The minimum atomic E-state index is -3.85. The second kappa shape index (κ2) is 8.79. The lowest BCUT2D eigenvalue weighted by molar-refractivity contribution is -0.131. The summed E-state index contributed by atoms with van der Waals surface area (Å²) < 4.78 is 30.5. The van der Waals surface area contributed by atoms with Crippen LogP contribution in [0.25, 0.3) is 0 Å². The zero-order valence-electron chi connectivity index (χ0n) is 13.8. The number of benzene rings is 1. The fourth-order valence-corrected chi connectivity index (χ4v) is 2.79. The molecule has 2 N–H and O–H groups in total. The minimum Gasteiger partial charge on any atom is -0.452 e. The second-order valence-corrected chi connectivity index (χ2v) is 7.26. The Morgan fingerprint density at radius 1 is 1.24 bits per heavy atom. The van der Waals surface area contributed by atoms with Gasteiger partial charge in [0.15, 0.2) is 6.61 Å². The van der Waals surface area contributed by atoms with Crippen molar-refractivity contribution in [3.05, 3.63) is 28.8 Å². The SMILES string of the molecule is CNS(=O)(=O)c1cc(C(=O)OCC(=O)NCC(=O)N(C)C)ccc1Cl. The number of hydrogen-bond donors (Lipinski definition) is 2. The minimum absolute atomic E-state index is 0.0640. The molecule has 0 heterocycles. The molecule has 138 valence electrons. The summed E-state index contributed by atoms with van der Waals surface area (Å²) in [5.41, 5.74) is -0.0876. The Balaban J connectivity index is 2.71. The smallest absolute Gasteiger partial charge is 0.338 e. The van der Waals surface area contributed by atoms with Crippen LogP contribution in [0.2, 0.25) is 5.02 Å². The molecule has 0 aliphatic carbocycles. The van der Waals surface area contributed by atoms with Gasteiger partial charge in [-0.15, -0.1) is 0 Å². The molecule has 11 heteroatoms. The van der Waals surface area contributed by atoms with Gasteiger partial charge in [0.05, 0.1) is 17.1 Å². The summed E-state index contributed by atoms with van der Waals surface area (Å²) in [7, 11) is 0.418. The summed E-state index contributed by atoms with van der Waals surface area (Å²) >= 11 is 5.82. The molecule has 0 spiro atoms. The van der Waals surface area contributed by atoms with Gasteiger partial charge in [0.1, 0.15) is 4.90 Å². The lowest BCUT2D eigenvalue weighted by Gasteiger charge is -2.11. The van der Waals surface area contributed by atoms with Gasteiger partial charge in [0.2, 0.25) is 15.9 Å². The second-order valence-electron chi connectivity index (χ2n) is 4.99. The monoisotopic (exact) mass is 391 g/mol. The van der Waals surface area contributed by atoms with Gasteiger partial charge in [0.25, 0.3) is 5.91 Å². The molecular formula is C14H18ClN3O6S. The largest absolute Gasteiger partial charge is 0.452 e. The van der Waals surface area contributed by atoms with E-state index in [-0.39, 0.29) is 27.9 Å². The molecule has 0 bridgehead atoms. The van der Waals surface area contributed by atoms with E-state index in [1.54, 1.807) is 0 Å². The summed E-state index contributed by atoms with van der Waals surface area (Å²) in [6.45, 7) is -0.842. The molecule has 9 nitrogen and oxygen atoms in total. The standard InChI is InChI=1S/C14H18ClN3O6S/c1-16-25(22,23)11-6-9(4-5-10(11)15)14(21)24-8-12(19)17-7-13(20)18(2)3/h4-6,16H,7-8H2,1-3H3,(H,17,19). The average molecular weight is 392 g/mol. The molecule has 25 heavy (non-hydrogen) atoms. The van der Waals surface area contributed by atoms with E-state index in [1.165, 1.54) is 38.2 Å². The number of hydrogen-bond acceptors (Lipinski definition) is 6. The number of esters is 1. The summed E-state index contributed by atoms with van der Waals surface area (Å²) in [4.78, 5) is 35.8. The van der Waals surface area contributed by atoms with Crippen molar-refractivity contribution in [2.75, 3.05) is 34.3 Å². The van der Waals surface area contributed by atoms with E-state index in [1.807, 2.05) is 0 Å². The molecule has 0 aromatic heterocycles. The van der Waals surface area contributed by atoms with Crippen LogP contribution in [0.4, 0.5) is 0 Å². The molecule has 1 rings (SSSR count). The van der Waals surface area contributed by atoms with Crippen molar-refractivity contribution in [3.63, 3.8) is 0 Å². The van der Waals surface area contributed by atoms with E-state index in [0.29, 0.717) is 0 Å². The first-order valence-electron chi connectivity index (χ1n) is 6.95. The van der Waals surface area contributed by atoms with Gasteiger partial charge in [0, 0.05) is 14.1 Å². The number of ether oxygens (including phenoxy) is 1. The fourth-order valence-electron chi connectivity index (χ4n) is 1.54. The van der Waals surface area contributed by atoms with Crippen LogP contribution < -0.4 is 10.0 Å². The third-order valence-electron chi connectivity index (χ3n) is 3.00. The Morgan fingerprint density at radius 3 is 2.44 bits per heavy atom. The first-order chi connectivity index (χ1) is 11.6. The Morgan fingerprint density at radius 2 is 1.88 bits per heavy atom. The molecule has 1 aromatic rings. The fraction of sp³-hybridized carbons (Fsp3) is 0.357. The molecule has 1 aromatic carbocycles. The zero-order chi connectivity index (χ0) is 19.2. The van der Waals surface area contributed by atoms with Crippen molar-refractivity contribution < 1.29 is 27.5 Å². The number of carbonyl (C=O) groups is 3. The van der Waals surface area contributed by atoms with E-state index in [9.17, 15) is 22.8 Å². The molecule has 0 radical (unpaired) electrons.